The van der Waals surface area contributed by atoms with Gasteiger partial charge in [0, 0.05) is 172 Å². The van der Waals surface area contributed by atoms with E-state index in [0.717, 1.165) is 74.6 Å². The van der Waals surface area contributed by atoms with Gasteiger partial charge in [-0.05, 0) is 77.8 Å². The first kappa shape index (κ1) is 113. The third-order valence-electron chi connectivity index (χ3n) is 17.6. The molecule has 0 spiro atoms. The average Bonchev–Trinajstić information content (AvgIpc) is 1.69. The van der Waals surface area contributed by atoms with Crippen LogP contribution in [-0.2, 0) is 28.2 Å². The van der Waals surface area contributed by atoms with Gasteiger partial charge in [-0.2, -0.15) is 25.5 Å². The lowest BCUT2D eigenvalue weighted by Crippen LogP contribution is -1.98. The maximum Gasteiger partial charge on any atom is 0.213 e. The van der Waals surface area contributed by atoms with Crippen LogP contribution in [-0.4, -0.2) is 139 Å². The molecule has 1 aromatic carbocycles. The van der Waals surface area contributed by atoms with E-state index in [4.69, 9.17) is 13.3 Å². The van der Waals surface area contributed by atoms with Crippen molar-refractivity contribution in [3.8, 4) is 0 Å². The summed E-state index contributed by atoms with van der Waals surface area (Å²) in [5.74, 6) is 14.0. The van der Waals surface area contributed by atoms with Crippen molar-refractivity contribution in [2.24, 2.45) is 28.2 Å². The third kappa shape index (κ3) is 48.5. The number of nitrogens with zero attached hydrogens (tertiary/aromatic N) is 23. The molecule has 706 valence electrons. The Morgan fingerprint density at radius 2 is 1.06 bits per heavy atom. The summed E-state index contributed by atoms with van der Waals surface area (Å²) in [5.41, 5.74) is 10.2. The molecule has 129 heavy (non-hydrogen) atoms. The third-order valence-corrected chi connectivity index (χ3v) is 18.7. The Morgan fingerprint density at radius 3 is 1.33 bits per heavy atom. The highest BCUT2D eigenvalue weighted by atomic mass is 32.1. The van der Waals surface area contributed by atoms with E-state index in [1.807, 2.05) is 198 Å². The number of hydrogen-bond acceptors (Lipinski definition) is 24. The van der Waals surface area contributed by atoms with Gasteiger partial charge in [-0.25, -0.2) is 54.8 Å². The molecule has 0 amide bonds. The first-order valence-electron chi connectivity index (χ1n) is 44.3. The standard InChI is InChI=1S/C10H12N2.4C7H12N2.C7H10N2.3C6H10N2.3C6H9NO.C6H9NS.C5H8N2O.C4H8N4/c1-7(2)10-11-8-5-3-4-6-9(8)12-10;1-6(2)7-4-9(3)5-8-7;1-6(2)7-8-4-5-9(7)3;1-6(2)7-4-5-9(3)8-7;1-6(2)7-4-5-8-9(7)3;1-6(2)7-8-4-3-5-9-7;1-5(2)6-3-7-4-8-6;1-5(2)6-7-3-4-8-6;1-5(2)6-3-4-7-8-6;2*1-5(2)6-3-8-4-7-6;2*1-5(2)6-7-3-4-8-6;1-4(2)5-6-3-8-7-5;1-3(2)4-5-7-8-6-4/h3-7H,1-2H3,(H,11,12);4*4-6H,1-3H3;3-6H,1-2H3;3*3-5H,1-2H3,(H,7,8);4*3-5H,1-2H3;3-4H,1-2H3;3H,1-2H3,(H,5,6,7,8). The molecule has 0 aliphatic carbocycles. The Morgan fingerprint density at radius 1 is 0.442 bits per heavy atom. The second-order valence-corrected chi connectivity index (χ2v) is 35.3. The predicted molar refractivity (Wildman–Crippen MR) is 518 cm³/mol. The highest BCUT2D eigenvalue weighted by Crippen LogP contribution is 2.20. The van der Waals surface area contributed by atoms with E-state index < -0.39 is 0 Å². The fourth-order valence-corrected chi connectivity index (χ4v) is 10.5. The predicted octanol–water partition coefficient (Wildman–Crippen LogP) is 24.2. The molecule has 15 aromatic heterocycles. The van der Waals surface area contributed by atoms with Gasteiger partial charge in [-0.1, -0.05) is 230 Å². The van der Waals surface area contributed by atoms with Gasteiger partial charge in [0.05, 0.1) is 57.7 Å². The Labute approximate surface area is 770 Å². The summed E-state index contributed by atoms with van der Waals surface area (Å²) in [4.78, 5) is 58.0. The average molecular weight is 1790 g/mol. The normalized spacial score (nSPS) is 10.5. The Balaban J connectivity index is 0.000000468. The smallest absolute Gasteiger partial charge is 0.213 e. The number of aromatic amines is 5. The fraction of sp³-hybridized carbons (Fsp3) is 0.510. The van der Waals surface area contributed by atoms with Gasteiger partial charge < -0.3 is 41.9 Å². The number of H-pyrrole nitrogens is 5. The van der Waals surface area contributed by atoms with Crippen molar-refractivity contribution in [1.29, 1.82) is 0 Å². The number of hydrogen-bond donors (Lipinski definition) is 5. The summed E-state index contributed by atoms with van der Waals surface area (Å²) in [6, 6.07) is 16.0. The number of imidazole rings is 5. The van der Waals surface area contributed by atoms with Gasteiger partial charge in [0.15, 0.2) is 30.3 Å². The minimum absolute atomic E-state index is 0.369. The molecule has 0 radical (unpaired) electrons. The monoisotopic (exact) mass is 1790 g/mol. The molecule has 0 saturated carbocycles. The number of thiazole rings is 1. The zero-order valence-electron chi connectivity index (χ0n) is 83.3. The summed E-state index contributed by atoms with van der Waals surface area (Å²) in [7, 11) is 7.91. The Bertz CT molecular complexity index is 4440. The molecule has 16 rings (SSSR count). The van der Waals surface area contributed by atoms with Crippen molar-refractivity contribution in [2.75, 3.05) is 0 Å². The SMILES string of the molecule is CC(C)c1ccn(C)n1.CC(C)c1ccn[nH]1.CC(C)c1ccnn1C.CC(C)c1cn(C)cn1.CC(C)c1cnc[nH]1.CC(C)c1cocn1.CC(C)c1cocn1.CC(C)c1nc2ccccc2[nH]1.CC(C)c1ncc[nH]1.CC(C)c1ncccn1.CC(C)c1nccn1C.CC(C)c1ncco1.CC(C)c1nccs1.CC(C)c1ncon1.CC(C)c1nn[nH]n1. The lowest BCUT2D eigenvalue weighted by Gasteiger charge is -2.02. The molecule has 0 aliphatic heterocycles. The Hall–Kier alpha value is -12.3. The van der Waals surface area contributed by atoms with Crippen LogP contribution in [0.2, 0.25) is 0 Å². The van der Waals surface area contributed by atoms with Crippen molar-refractivity contribution in [2.45, 2.75) is 296 Å². The van der Waals surface area contributed by atoms with E-state index in [2.05, 4.69) is 292 Å². The van der Waals surface area contributed by atoms with E-state index in [9.17, 15) is 0 Å². The molecule has 0 unspecified atom stereocenters. The van der Waals surface area contributed by atoms with Crippen LogP contribution in [0.25, 0.3) is 11.0 Å². The maximum absolute atomic E-state index is 4.98. The van der Waals surface area contributed by atoms with Crippen LogP contribution in [0.4, 0.5) is 0 Å². The minimum Gasteiger partial charge on any atom is -0.451 e. The second-order valence-electron chi connectivity index (χ2n) is 34.3. The van der Waals surface area contributed by atoms with Gasteiger partial charge in [-0.15, -0.1) is 21.5 Å². The lowest BCUT2D eigenvalue weighted by molar-refractivity contribution is 0.407. The molecule has 33 heteroatoms. The summed E-state index contributed by atoms with van der Waals surface area (Å²) in [6.07, 6.45) is 36.6. The van der Waals surface area contributed by atoms with Crippen LogP contribution < -0.4 is 0 Å². The van der Waals surface area contributed by atoms with E-state index in [0.29, 0.717) is 88.8 Å². The van der Waals surface area contributed by atoms with Crippen LogP contribution in [0.5, 0.6) is 0 Å². The van der Waals surface area contributed by atoms with Gasteiger partial charge in [0.25, 0.3) is 0 Å². The van der Waals surface area contributed by atoms with Crippen LogP contribution in [0.1, 0.15) is 382 Å². The quantitative estimate of drug-likeness (QED) is 0.0636. The first-order valence-corrected chi connectivity index (χ1v) is 45.2. The van der Waals surface area contributed by atoms with Gasteiger partial charge in [-0.3, -0.25) is 14.5 Å². The van der Waals surface area contributed by atoms with Gasteiger partial charge >= 0.3 is 0 Å². The highest BCUT2D eigenvalue weighted by molar-refractivity contribution is 7.09. The number of rotatable bonds is 15. The van der Waals surface area contributed by atoms with Crippen LogP contribution in [0.3, 0.4) is 0 Å². The molecule has 5 N–H and O–H groups in total. The van der Waals surface area contributed by atoms with Crippen molar-refractivity contribution in [1.82, 2.24) is 139 Å². The zero-order valence-corrected chi connectivity index (χ0v) is 84.1. The molecule has 0 atom stereocenters. The number of aryl methyl sites for hydroxylation is 4. The molecule has 15 heterocycles. The lowest BCUT2D eigenvalue weighted by atomic mass is 10.1. The second kappa shape index (κ2) is 63.6. The van der Waals surface area contributed by atoms with Crippen molar-refractivity contribution >= 4 is 22.4 Å². The molecular formula is C96H152N28O4S. The van der Waals surface area contributed by atoms with Crippen molar-refractivity contribution in [3.63, 3.8) is 0 Å². The zero-order chi connectivity index (χ0) is 96.5. The number of oxazole rings is 3. The maximum atomic E-state index is 4.98. The van der Waals surface area contributed by atoms with Crippen molar-refractivity contribution in [3.05, 3.63) is 271 Å². The minimum atomic E-state index is 0.369. The summed E-state index contributed by atoms with van der Waals surface area (Å²) in [5, 5.41) is 35.2. The summed E-state index contributed by atoms with van der Waals surface area (Å²) >= 11 is 1.72. The number of benzene rings is 1. The number of tetrazole rings is 1. The molecule has 0 bridgehead atoms. The first-order chi connectivity index (χ1) is 61.1. The molecule has 0 saturated heterocycles. The topological polar surface area (TPSA) is 396 Å². The summed E-state index contributed by atoms with van der Waals surface area (Å²) in [6.45, 7) is 63.2. The molecule has 0 fully saturated rings. The van der Waals surface area contributed by atoms with E-state index in [1.54, 1.807) is 67.4 Å². The van der Waals surface area contributed by atoms with E-state index in [1.165, 1.54) is 41.3 Å². The van der Waals surface area contributed by atoms with Crippen LogP contribution >= 0.6 is 11.3 Å². The molecular weight excluding hydrogens is 1640 g/mol. The van der Waals surface area contributed by atoms with E-state index in [-0.39, 0.29) is 0 Å². The number of fused-ring (bicyclic) bond motifs is 1. The van der Waals surface area contributed by atoms with Crippen LogP contribution in [0.15, 0.2) is 203 Å². The fourth-order valence-electron chi connectivity index (χ4n) is 9.88. The van der Waals surface area contributed by atoms with E-state index >= 15 is 0 Å². The molecule has 32 nitrogen and oxygen atoms in total. The van der Waals surface area contributed by atoms with Gasteiger partial charge in [0.2, 0.25) is 6.39 Å². The van der Waals surface area contributed by atoms with Crippen molar-refractivity contribution < 1.29 is 17.8 Å². The highest BCUT2D eigenvalue weighted by Gasteiger charge is 2.10. The number of aromatic nitrogens is 28. The van der Waals surface area contributed by atoms with Gasteiger partial charge in [0.1, 0.15) is 42.1 Å². The van der Waals surface area contributed by atoms with Crippen LogP contribution in [0, 0.1) is 0 Å². The number of nitrogens with one attached hydrogen (secondary N) is 5. The molecule has 0 aliphatic rings. The molecule has 16 aromatic rings. The Kier molecular flexibility index (Phi) is 55.6. The number of para-hydroxylation sites is 2. The largest absolute Gasteiger partial charge is 0.451 e. The summed E-state index contributed by atoms with van der Waals surface area (Å²) < 4.78 is 26.8.